The van der Waals surface area contributed by atoms with Crippen molar-refractivity contribution in [3.63, 3.8) is 0 Å². The molecule has 2 rings (SSSR count). The first-order valence-corrected chi connectivity index (χ1v) is 8.10. The number of rotatable bonds is 6. The molecule has 116 valence electrons. The second kappa shape index (κ2) is 6.65. The van der Waals surface area contributed by atoms with Crippen LogP contribution in [-0.4, -0.2) is 6.54 Å². The lowest BCUT2D eigenvalue weighted by atomic mass is 9.97. The Bertz CT molecular complexity index is 608. The van der Waals surface area contributed by atoms with E-state index in [1.807, 2.05) is 0 Å². The fraction of sp³-hybridized carbons (Fsp3) is 0.579. The summed E-state index contributed by atoms with van der Waals surface area (Å²) >= 11 is 0. The monoisotopic (exact) mass is 287 g/mol. The lowest BCUT2D eigenvalue weighted by Crippen LogP contribution is -2.19. The summed E-state index contributed by atoms with van der Waals surface area (Å²) in [4.78, 5) is 0. The Kier molecular flexibility index (Phi) is 5.10. The molecule has 0 aliphatic heterocycles. The molecule has 0 bridgehead atoms. The van der Waals surface area contributed by atoms with Crippen molar-refractivity contribution in [3.05, 3.63) is 34.6 Å². The van der Waals surface area contributed by atoms with Gasteiger partial charge < -0.3 is 9.73 Å². The summed E-state index contributed by atoms with van der Waals surface area (Å²) in [5, 5.41) is 4.82. The van der Waals surface area contributed by atoms with Crippen molar-refractivity contribution in [2.45, 2.75) is 54.5 Å². The first kappa shape index (κ1) is 16.1. The van der Waals surface area contributed by atoms with Crippen molar-refractivity contribution >= 4 is 11.0 Å². The molecular formula is C19H29NO. The van der Waals surface area contributed by atoms with Crippen LogP contribution in [0, 0.1) is 25.7 Å². The molecule has 0 saturated heterocycles. The van der Waals surface area contributed by atoms with Gasteiger partial charge in [0.05, 0.1) is 6.54 Å². The van der Waals surface area contributed by atoms with Gasteiger partial charge >= 0.3 is 0 Å². The molecule has 2 aromatic rings. The molecule has 1 aromatic carbocycles. The molecule has 2 nitrogen and oxygen atoms in total. The lowest BCUT2D eigenvalue weighted by Gasteiger charge is -2.09. The largest absolute Gasteiger partial charge is 0.459 e. The molecule has 0 unspecified atom stereocenters. The topological polar surface area (TPSA) is 25.2 Å². The van der Waals surface area contributed by atoms with Gasteiger partial charge in [0.25, 0.3) is 0 Å². The van der Waals surface area contributed by atoms with Gasteiger partial charge in [-0.2, -0.15) is 0 Å². The third-order valence-electron chi connectivity index (χ3n) is 3.76. The fourth-order valence-electron chi connectivity index (χ4n) is 2.90. The van der Waals surface area contributed by atoms with E-state index in [1.54, 1.807) is 0 Å². The second-order valence-electron chi connectivity index (χ2n) is 7.09. The molecule has 1 heterocycles. The Labute approximate surface area is 128 Å². The summed E-state index contributed by atoms with van der Waals surface area (Å²) in [7, 11) is 0. The molecule has 0 radical (unpaired) electrons. The van der Waals surface area contributed by atoms with Crippen LogP contribution in [0.1, 0.15) is 50.1 Å². The van der Waals surface area contributed by atoms with Gasteiger partial charge in [-0.05, 0) is 55.8 Å². The number of fused-ring (bicyclic) bond motifs is 1. The number of furan rings is 1. The molecule has 0 saturated carbocycles. The van der Waals surface area contributed by atoms with Gasteiger partial charge in [0.15, 0.2) is 0 Å². The minimum atomic E-state index is 0.635. The highest BCUT2D eigenvalue weighted by Crippen LogP contribution is 2.31. The molecule has 0 spiro atoms. The molecule has 0 atom stereocenters. The first-order chi connectivity index (χ1) is 9.88. The zero-order valence-electron chi connectivity index (χ0n) is 14.3. The third kappa shape index (κ3) is 3.88. The van der Waals surface area contributed by atoms with Crippen LogP contribution >= 0.6 is 0 Å². The number of benzene rings is 1. The van der Waals surface area contributed by atoms with Crippen LogP contribution in [0.3, 0.4) is 0 Å². The van der Waals surface area contributed by atoms with Gasteiger partial charge in [-0.1, -0.05) is 33.8 Å². The number of nitrogens with one attached hydrogen (secondary N) is 1. The summed E-state index contributed by atoms with van der Waals surface area (Å²) in [6.45, 7) is 15.2. The van der Waals surface area contributed by atoms with Crippen LogP contribution in [-0.2, 0) is 13.0 Å². The van der Waals surface area contributed by atoms with E-state index >= 15 is 0 Å². The molecule has 1 aromatic heterocycles. The van der Waals surface area contributed by atoms with Gasteiger partial charge in [-0.25, -0.2) is 0 Å². The average molecular weight is 287 g/mol. The lowest BCUT2D eigenvalue weighted by molar-refractivity contribution is 0.476. The number of aryl methyl sites for hydroxylation is 2. The predicted octanol–water partition coefficient (Wildman–Crippen LogP) is 4.99. The van der Waals surface area contributed by atoms with Gasteiger partial charge in [0, 0.05) is 10.9 Å². The highest BCUT2D eigenvalue weighted by Gasteiger charge is 2.17. The van der Waals surface area contributed by atoms with E-state index in [2.05, 4.69) is 59.0 Å². The zero-order valence-corrected chi connectivity index (χ0v) is 14.3. The summed E-state index contributed by atoms with van der Waals surface area (Å²) < 4.78 is 6.21. The van der Waals surface area contributed by atoms with Crippen molar-refractivity contribution in [1.29, 1.82) is 0 Å². The minimum absolute atomic E-state index is 0.635. The normalized spacial score (nSPS) is 12.0. The Morgan fingerprint density at radius 1 is 1.05 bits per heavy atom. The van der Waals surface area contributed by atoms with E-state index in [1.165, 1.54) is 22.1 Å². The summed E-state index contributed by atoms with van der Waals surface area (Å²) in [6, 6.07) is 4.48. The average Bonchev–Trinajstić information content (AvgIpc) is 2.67. The molecule has 0 aliphatic carbocycles. The number of hydrogen-bond acceptors (Lipinski definition) is 2. The van der Waals surface area contributed by atoms with Crippen LogP contribution in [0.25, 0.3) is 11.0 Å². The van der Waals surface area contributed by atoms with Gasteiger partial charge in [-0.3, -0.25) is 0 Å². The van der Waals surface area contributed by atoms with Crippen LogP contribution in [0.2, 0.25) is 0 Å². The predicted molar refractivity (Wildman–Crippen MR) is 90.8 cm³/mol. The minimum Gasteiger partial charge on any atom is -0.459 e. The van der Waals surface area contributed by atoms with E-state index in [4.69, 9.17) is 4.42 Å². The van der Waals surface area contributed by atoms with Gasteiger partial charge in [-0.15, -0.1) is 0 Å². The smallest absolute Gasteiger partial charge is 0.137 e. The van der Waals surface area contributed by atoms with E-state index in [-0.39, 0.29) is 0 Å². The maximum Gasteiger partial charge on any atom is 0.137 e. The molecule has 0 aliphatic rings. The van der Waals surface area contributed by atoms with Crippen molar-refractivity contribution in [2.24, 2.45) is 11.8 Å². The Morgan fingerprint density at radius 2 is 1.76 bits per heavy atom. The highest BCUT2D eigenvalue weighted by molar-refractivity contribution is 5.85. The standard InChI is InChI=1S/C19H29NO/c1-12(2)7-16-17-9-14(5)8-15(6)19(17)21-18(16)11-20-10-13(3)4/h8-9,12-13,20H,7,10-11H2,1-6H3. The molecule has 0 amide bonds. The van der Waals surface area contributed by atoms with Gasteiger partial charge in [0.1, 0.15) is 11.3 Å². The Balaban J connectivity index is 2.40. The van der Waals surface area contributed by atoms with Crippen molar-refractivity contribution in [3.8, 4) is 0 Å². The second-order valence-corrected chi connectivity index (χ2v) is 7.09. The molecule has 1 N–H and O–H groups in total. The van der Waals surface area contributed by atoms with Crippen molar-refractivity contribution in [1.82, 2.24) is 5.32 Å². The maximum absolute atomic E-state index is 6.21. The maximum atomic E-state index is 6.21. The van der Waals surface area contributed by atoms with E-state index < -0.39 is 0 Å². The molecule has 21 heavy (non-hydrogen) atoms. The summed E-state index contributed by atoms with van der Waals surface area (Å²) in [6.07, 6.45) is 1.08. The fourth-order valence-corrected chi connectivity index (χ4v) is 2.90. The van der Waals surface area contributed by atoms with E-state index in [9.17, 15) is 0 Å². The summed E-state index contributed by atoms with van der Waals surface area (Å²) in [5.74, 6) is 2.41. The van der Waals surface area contributed by atoms with Crippen molar-refractivity contribution in [2.75, 3.05) is 6.54 Å². The van der Waals surface area contributed by atoms with Crippen LogP contribution in [0.4, 0.5) is 0 Å². The highest BCUT2D eigenvalue weighted by atomic mass is 16.3. The summed E-state index contributed by atoms with van der Waals surface area (Å²) in [5.41, 5.74) is 5.01. The van der Waals surface area contributed by atoms with Gasteiger partial charge in [0.2, 0.25) is 0 Å². The quantitative estimate of drug-likeness (QED) is 0.809. The number of hydrogen-bond donors (Lipinski definition) is 1. The van der Waals surface area contributed by atoms with Crippen LogP contribution < -0.4 is 5.32 Å². The van der Waals surface area contributed by atoms with Crippen molar-refractivity contribution < 1.29 is 4.42 Å². The first-order valence-electron chi connectivity index (χ1n) is 8.10. The van der Waals surface area contributed by atoms with Crippen LogP contribution in [0.5, 0.6) is 0 Å². The van der Waals surface area contributed by atoms with Crippen LogP contribution in [0.15, 0.2) is 16.5 Å². The Hall–Kier alpha value is -1.28. The molecule has 0 fully saturated rings. The molecular weight excluding hydrogens is 258 g/mol. The van der Waals surface area contributed by atoms with E-state index in [0.717, 1.165) is 30.9 Å². The molecule has 2 heteroatoms. The SMILES string of the molecule is Cc1cc(C)c2oc(CNCC(C)C)c(CC(C)C)c2c1. The third-order valence-corrected chi connectivity index (χ3v) is 3.76. The van der Waals surface area contributed by atoms with E-state index in [0.29, 0.717) is 11.8 Å². The Morgan fingerprint density at radius 3 is 2.38 bits per heavy atom. The zero-order chi connectivity index (χ0) is 15.6.